The molecule has 0 aliphatic heterocycles. The van der Waals surface area contributed by atoms with Crippen molar-refractivity contribution < 1.29 is 13.9 Å². The van der Waals surface area contributed by atoms with E-state index >= 15 is 0 Å². The minimum atomic E-state index is -0.483. The van der Waals surface area contributed by atoms with Crippen molar-refractivity contribution in [2.45, 2.75) is 13.5 Å². The average molecular weight is 375 g/mol. The van der Waals surface area contributed by atoms with Crippen molar-refractivity contribution in [3.05, 3.63) is 78.0 Å². The van der Waals surface area contributed by atoms with Crippen LogP contribution in [0.1, 0.15) is 11.1 Å². The van der Waals surface area contributed by atoms with Crippen molar-refractivity contribution in [1.82, 2.24) is 15.2 Å². The lowest BCUT2D eigenvalue weighted by molar-refractivity contribution is 0.285. The Morgan fingerprint density at radius 3 is 2.57 bits per heavy atom. The van der Waals surface area contributed by atoms with Crippen LogP contribution < -0.4 is 9.47 Å². The molecule has 0 N–H and O–H groups in total. The van der Waals surface area contributed by atoms with Crippen LogP contribution in [0.3, 0.4) is 0 Å². The summed E-state index contributed by atoms with van der Waals surface area (Å²) in [6, 6.07) is 15.3. The molecule has 0 saturated heterocycles. The third-order valence-electron chi connectivity index (χ3n) is 4.49. The second-order valence-electron chi connectivity index (χ2n) is 6.38. The topological polar surface area (TPSA) is 57.1 Å². The highest BCUT2D eigenvalue weighted by atomic mass is 19.1. The first-order chi connectivity index (χ1) is 13.7. The van der Waals surface area contributed by atoms with E-state index < -0.39 is 5.95 Å². The summed E-state index contributed by atoms with van der Waals surface area (Å²) in [5.41, 5.74) is 3.74. The van der Waals surface area contributed by atoms with Crippen LogP contribution in [0.5, 0.6) is 11.5 Å². The number of nitrogens with zero attached hydrogens (tertiary/aromatic N) is 3. The fourth-order valence-electron chi connectivity index (χ4n) is 3.01. The highest BCUT2D eigenvalue weighted by Crippen LogP contribution is 2.36. The van der Waals surface area contributed by atoms with Crippen molar-refractivity contribution in [3.8, 4) is 22.6 Å². The van der Waals surface area contributed by atoms with Gasteiger partial charge in [-0.3, -0.25) is 0 Å². The predicted octanol–water partition coefficient (Wildman–Crippen LogP) is 4.73. The molecule has 0 fully saturated rings. The van der Waals surface area contributed by atoms with Crippen LogP contribution in [0.25, 0.3) is 22.0 Å². The maximum atomic E-state index is 13.6. The molecule has 28 heavy (non-hydrogen) atoms. The van der Waals surface area contributed by atoms with Gasteiger partial charge in [-0.2, -0.15) is 14.6 Å². The highest BCUT2D eigenvalue weighted by Gasteiger charge is 2.14. The van der Waals surface area contributed by atoms with Gasteiger partial charge >= 0.3 is 0 Å². The Morgan fingerprint density at radius 2 is 1.82 bits per heavy atom. The van der Waals surface area contributed by atoms with Gasteiger partial charge in [-0.05, 0) is 24.6 Å². The molecule has 2 heterocycles. The number of methoxy groups -OCH3 is 1. The smallest absolute Gasteiger partial charge is 0.215 e. The third kappa shape index (κ3) is 3.49. The van der Waals surface area contributed by atoms with Crippen LogP contribution in [0.4, 0.5) is 4.39 Å². The van der Waals surface area contributed by atoms with Crippen LogP contribution in [-0.4, -0.2) is 22.3 Å². The van der Waals surface area contributed by atoms with Gasteiger partial charge in [-0.1, -0.05) is 30.3 Å². The summed E-state index contributed by atoms with van der Waals surface area (Å²) < 4.78 is 25.1. The SMILES string of the molecule is COc1cc2nncc(-c3cnc(F)c(C)c3)c2cc1OCc1ccccc1. The van der Waals surface area contributed by atoms with E-state index in [1.807, 2.05) is 36.4 Å². The molecule has 6 heteroatoms. The molecule has 0 bridgehead atoms. The summed E-state index contributed by atoms with van der Waals surface area (Å²) in [7, 11) is 1.58. The van der Waals surface area contributed by atoms with Crippen LogP contribution in [-0.2, 0) is 6.61 Å². The molecule has 0 radical (unpaired) electrons. The van der Waals surface area contributed by atoms with E-state index in [4.69, 9.17) is 9.47 Å². The summed E-state index contributed by atoms with van der Waals surface area (Å²) >= 11 is 0. The van der Waals surface area contributed by atoms with Gasteiger partial charge < -0.3 is 9.47 Å². The summed E-state index contributed by atoms with van der Waals surface area (Å²) in [5, 5.41) is 9.09. The number of fused-ring (bicyclic) bond motifs is 1. The Balaban J connectivity index is 1.78. The normalized spacial score (nSPS) is 10.8. The maximum Gasteiger partial charge on any atom is 0.215 e. The molecule has 0 aliphatic rings. The number of pyridine rings is 1. The van der Waals surface area contributed by atoms with Gasteiger partial charge in [0.1, 0.15) is 6.61 Å². The zero-order valence-corrected chi connectivity index (χ0v) is 15.5. The highest BCUT2D eigenvalue weighted by molar-refractivity contribution is 5.95. The molecular formula is C22H18FN3O2. The van der Waals surface area contributed by atoms with Gasteiger partial charge in [0.05, 0.1) is 18.8 Å². The molecule has 0 unspecified atom stereocenters. The zero-order valence-electron chi connectivity index (χ0n) is 15.5. The maximum absolute atomic E-state index is 13.6. The fourth-order valence-corrected chi connectivity index (χ4v) is 3.01. The molecule has 0 atom stereocenters. The summed E-state index contributed by atoms with van der Waals surface area (Å²) in [6.07, 6.45) is 3.14. The van der Waals surface area contributed by atoms with Crippen LogP contribution in [0.15, 0.2) is 60.9 Å². The Morgan fingerprint density at radius 1 is 1.00 bits per heavy atom. The van der Waals surface area contributed by atoms with Crippen molar-refractivity contribution in [2.75, 3.05) is 7.11 Å². The van der Waals surface area contributed by atoms with Gasteiger partial charge in [0, 0.05) is 34.3 Å². The number of aromatic nitrogens is 3. The molecular weight excluding hydrogens is 357 g/mol. The lowest BCUT2D eigenvalue weighted by atomic mass is 10.0. The second-order valence-corrected chi connectivity index (χ2v) is 6.38. The Hall–Kier alpha value is -3.54. The fraction of sp³-hybridized carbons (Fsp3) is 0.136. The van der Waals surface area contributed by atoms with Gasteiger partial charge in [0.2, 0.25) is 5.95 Å². The van der Waals surface area contributed by atoms with Gasteiger partial charge in [-0.15, -0.1) is 0 Å². The quantitative estimate of drug-likeness (QED) is 0.472. The largest absolute Gasteiger partial charge is 0.493 e. The standard InChI is InChI=1S/C22H18FN3O2/c1-14-8-16(11-24-22(14)23)18-12-25-26-19-10-20(27-2)21(9-17(18)19)28-13-15-6-4-3-5-7-15/h3-12H,13H2,1-2H3. The number of aryl methyl sites for hydroxylation is 1. The third-order valence-corrected chi connectivity index (χ3v) is 4.49. The van der Waals surface area contributed by atoms with E-state index in [0.29, 0.717) is 29.2 Å². The molecule has 0 saturated carbocycles. The first-order valence-corrected chi connectivity index (χ1v) is 8.78. The Labute approximate surface area is 161 Å². The van der Waals surface area contributed by atoms with Crippen molar-refractivity contribution in [3.63, 3.8) is 0 Å². The molecule has 4 aromatic rings. The van der Waals surface area contributed by atoms with E-state index in [0.717, 1.165) is 22.1 Å². The number of hydrogen-bond donors (Lipinski definition) is 0. The van der Waals surface area contributed by atoms with E-state index in [9.17, 15) is 4.39 Å². The van der Waals surface area contributed by atoms with E-state index in [-0.39, 0.29) is 0 Å². The molecule has 0 amide bonds. The van der Waals surface area contributed by atoms with Gasteiger partial charge in [0.25, 0.3) is 0 Å². The number of rotatable bonds is 5. The Bertz CT molecular complexity index is 1130. The Kier molecular flexibility index (Phi) is 4.85. The molecule has 0 spiro atoms. The molecule has 2 aromatic heterocycles. The van der Waals surface area contributed by atoms with Gasteiger partial charge in [-0.25, -0.2) is 4.98 Å². The molecule has 2 aromatic carbocycles. The van der Waals surface area contributed by atoms with Crippen molar-refractivity contribution in [2.24, 2.45) is 0 Å². The predicted molar refractivity (Wildman–Crippen MR) is 105 cm³/mol. The van der Waals surface area contributed by atoms with Crippen molar-refractivity contribution >= 4 is 10.9 Å². The molecule has 0 aliphatic carbocycles. The van der Waals surface area contributed by atoms with E-state index in [1.54, 1.807) is 32.4 Å². The summed E-state index contributed by atoms with van der Waals surface area (Å²) in [5.74, 6) is 0.687. The second kappa shape index (κ2) is 7.60. The number of benzene rings is 2. The zero-order chi connectivity index (χ0) is 19.5. The first-order valence-electron chi connectivity index (χ1n) is 8.78. The van der Waals surface area contributed by atoms with Gasteiger partial charge in [0.15, 0.2) is 11.5 Å². The minimum Gasteiger partial charge on any atom is -0.493 e. The average Bonchev–Trinajstić information content (AvgIpc) is 2.74. The lowest BCUT2D eigenvalue weighted by Gasteiger charge is -2.13. The molecule has 140 valence electrons. The van der Waals surface area contributed by atoms with Crippen molar-refractivity contribution in [1.29, 1.82) is 0 Å². The monoisotopic (exact) mass is 375 g/mol. The summed E-state index contributed by atoms with van der Waals surface area (Å²) in [4.78, 5) is 3.82. The summed E-state index contributed by atoms with van der Waals surface area (Å²) in [6.45, 7) is 2.09. The molecule has 5 nitrogen and oxygen atoms in total. The van der Waals surface area contributed by atoms with E-state index in [1.165, 1.54) is 6.20 Å². The first kappa shape index (κ1) is 17.9. The number of ether oxygens (including phenoxy) is 2. The number of hydrogen-bond acceptors (Lipinski definition) is 5. The van der Waals surface area contributed by atoms with Crippen LogP contribution >= 0.6 is 0 Å². The van der Waals surface area contributed by atoms with Crippen LogP contribution in [0, 0.1) is 12.9 Å². The van der Waals surface area contributed by atoms with Crippen LogP contribution in [0.2, 0.25) is 0 Å². The number of halogens is 1. The molecule has 4 rings (SSSR count). The minimum absolute atomic E-state index is 0.410. The van der Waals surface area contributed by atoms with E-state index in [2.05, 4.69) is 15.2 Å². The lowest BCUT2D eigenvalue weighted by Crippen LogP contribution is -1.99.